The van der Waals surface area contributed by atoms with E-state index < -0.39 is 0 Å². The highest BCUT2D eigenvalue weighted by Crippen LogP contribution is 2.29. The van der Waals surface area contributed by atoms with Gasteiger partial charge in [-0.15, -0.1) is 0 Å². The molecule has 21 heavy (non-hydrogen) atoms. The van der Waals surface area contributed by atoms with Crippen LogP contribution >= 0.6 is 27.5 Å². The van der Waals surface area contributed by atoms with E-state index in [4.69, 9.17) is 16.3 Å². The number of ether oxygens (including phenoxy) is 1. The van der Waals surface area contributed by atoms with Gasteiger partial charge in [-0.25, -0.2) is 4.39 Å². The van der Waals surface area contributed by atoms with Gasteiger partial charge in [-0.2, -0.15) is 0 Å². The van der Waals surface area contributed by atoms with Crippen LogP contribution in [0.2, 0.25) is 5.02 Å². The summed E-state index contributed by atoms with van der Waals surface area (Å²) in [5, 5.41) is 3.86. The molecule has 5 heteroatoms. The Bertz CT molecular complexity index is 636. The van der Waals surface area contributed by atoms with Crippen LogP contribution in [0.3, 0.4) is 0 Å². The predicted octanol–water partition coefficient (Wildman–Crippen LogP) is 4.75. The van der Waals surface area contributed by atoms with Gasteiger partial charge in [-0.05, 0) is 70.9 Å². The van der Waals surface area contributed by atoms with Crippen LogP contribution in [0.25, 0.3) is 0 Å². The van der Waals surface area contributed by atoms with E-state index in [0.29, 0.717) is 15.9 Å². The minimum absolute atomic E-state index is 0.0278. The molecular weight excluding hydrogens is 357 g/mol. The first kappa shape index (κ1) is 16.3. The second-order valence-electron chi connectivity index (χ2n) is 4.68. The van der Waals surface area contributed by atoms with E-state index in [1.54, 1.807) is 19.2 Å². The van der Waals surface area contributed by atoms with Crippen molar-refractivity contribution >= 4 is 27.5 Å². The normalized spacial score (nSPS) is 12.2. The lowest BCUT2D eigenvalue weighted by Crippen LogP contribution is -2.19. The molecule has 2 aromatic rings. The lowest BCUT2D eigenvalue weighted by molar-refractivity contribution is 0.406. The molecule has 0 spiro atoms. The Morgan fingerprint density at radius 3 is 2.67 bits per heavy atom. The quantitative estimate of drug-likeness (QED) is 0.817. The molecule has 0 aliphatic heterocycles. The van der Waals surface area contributed by atoms with Crippen LogP contribution in [0.4, 0.5) is 4.39 Å². The van der Waals surface area contributed by atoms with E-state index >= 15 is 0 Å². The van der Waals surface area contributed by atoms with Crippen molar-refractivity contribution in [2.24, 2.45) is 0 Å². The summed E-state index contributed by atoms with van der Waals surface area (Å²) in [6, 6.07) is 10.6. The SMILES string of the molecule is CNC(Cc1cc(Cl)ccc1OC)c1ccc(Br)c(F)c1. The third-order valence-electron chi connectivity index (χ3n) is 3.36. The first-order valence-corrected chi connectivity index (χ1v) is 7.67. The predicted molar refractivity (Wildman–Crippen MR) is 87.6 cm³/mol. The van der Waals surface area contributed by atoms with Gasteiger partial charge in [-0.1, -0.05) is 17.7 Å². The Morgan fingerprint density at radius 1 is 1.29 bits per heavy atom. The maximum Gasteiger partial charge on any atom is 0.137 e. The second kappa shape index (κ2) is 7.25. The zero-order valence-corrected chi connectivity index (χ0v) is 14.1. The molecule has 0 fully saturated rings. The van der Waals surface area contributed by atoms with Crippen LogP contribution < -0.4 is 10.1 Å². The molecule has 1 N–H and O–H groups in total. The zero-order chi connectivity index (χ0) is 15.4. The Balaban J connectivity index is 2.30. The minimum Gasteiger partial charge on any atom is -0.496 e. The van der Waals surface area contributed by atoms with Crippen molar-refractivity contribution in [1.29, 1.82) is 0 Å². The van der Waals surface area contributed by atoms with E-state index in [1.807, 2.05) is 25.2 Å². The molecule has 0 aliphatic rings. The molecule has 2 rings (SSSR count). The largest absolute Gasteiger partial charge is 0.496 e. The van der Waals surface area contributed by atoms with E-state index in [1.165, 1.54) is 6.07 Å². The molecule has 0 saturated carbocycles. The Morgan fingerprint density at radius 2 is 2.05 bits per heavy atom. The van der Waals surface area contributed by atoms with E-state index in [-0.39, 0.29) is 11.9 Å². The molecule has 0 aromatic heterocycles. The molecule has 2 nitrogen and oxygen atoms in total. The molecule has 1 atom stereocenters. The van der Waals surface area contributed by atoms with Gasteiger partial charge >= 0.3 is 0 Å². The van der Waals surface area contributed by atoms with Gasteiger partial charge in [0.25, 0.3) is 0 Å². The van der Waals surface area contributed by atoms with Crippen molar-refractivity contribution in [1.82, 2.24) is 5.32 Å². The number of hydrogen-bond donors (Lipinski definition) is 1. The molecule has 0 saturated heterocycles. The summed E-state index contributed by atoms with van der Waals surface area (Å²) >= 11 is 9.22. The summed E-state index contributed by atoms with van der Waals surface area (Å²) in [7, 11) is 3.47. The first-order chi connectivity index (χ1) is 10.0. The Hall–Kier alpha value is -1.10. The second-order valence-corrected chi connectivity index (χ2v) is 5.97. The highest BCUT2D eigenvalue weighted by Gasteiger charge is 2.15. The summed E-state index contributed by atoms with van der Waals surface area (Å²) < 4.78 is 19.5. The number of benzene rings is 2. The number of methoxy groups -OCH3 is 1. The number of nitrogens with one attached hydrogen (secondary N) is 1. The summed E-state index contributed by atoms with van der Waals surface area (Å²) in [4.78, 5) is 0. The van der Waals surface area contributed by atoms with Crippen molar-refractivity contribution < 1.29 is 9.13 Å². The average Bonchev–Trinajstić information content (AvgIpc) is 2.48. The van der Waals surface area contributed by atoms with Crippen molar-refractivity contribution in [2.45, 2.75) is 12.5 Å². The van der Waals surface area contributed by atoms with E-state index in [2.05, 4.69) is 21.2 Å². The lowest BCUT2D eigenvalue weighted by atomic mass is 9.98. The fourth-order valence-corrected chi connectivity index (χ4v) is 2.68. The summed E-state index contributed by atoms with van der Waals surface area (Å²) in [6.45, 7) is 0. The smallest absolute Gasteiger partial charge is 0.137 e. The Labute approximate surface area is 137 Å². The van der Waals surface area contributed by atoms with Crippen LogP contribution in [0.15, 0.2) is 40.9 Å². The molecule has 0 heterocycles. The topological polar surface area (TPSA) is 21.3 Å². The van der Waals surface area contributed by atoms with Gasteiger partial charge in [0, 0.05) is 11.1 Å². The molecule has 1 unspecified atom stereocenters. The minimum atomic E-state index is -0.272. The van der Waals surface area contributed by atoms with Gasteiger partial charge < -0.3 is 10.1 Å². The third-order valence-corrected chi connectivity index (χ3v) is 4.24. The number of halogens is 3. The summed E-state index contributed by atoms with van der Waals surface area (Å²) in [5.41, 5.74) is 1.85. The molecular formula is C16H16BrClFNO. The standard InChI is InChI=1S/C16H16BrClFNO/c1-20-15(10-3-5-13(17)14(19)8-10)9-11-7-12(18)4-6-16(11)21-2/h3-8,15,20H,9H2,1-2H3. The first-order valence-electron chi connectivity index (χ1n) is 6.49. The highest BCUT2D eigenvalue weighted by atomic mass is 79.9. The van der Waals surface area contributed by atoms with E-state index in [9.17, 15) is 4.39 Å². The number of likely N-dealkylation sites (N-methyl/N-ethyl adjacent to an activating group) is 1. The van der Waals surface area contributed by atoms with Crippen LogP contribution in [0, 0.1) is 5.82 Å². The van der Waals surface area contributed by atoms with Crippen molar-refractivity contribution in [3.05, 3.63) is 62.8 Å². The summed E-state index contributed by atoms with van der Waals surface area (Å²) in [6.07, 6.45) is 0.654. The molecule has 112 valence electrons. The average molecular weight is 373 g/mol. The molecule has 0 amide bonds. The highest BCUT2D eigenvalue weighted by molar-refractivity contribution is 9.10. The number of rotatable bonds is 5. The fourth-order valence-electron chi connectivity index (χ4n) is 2.24. The third kappa shape index (κ3) is 3.96. The van der Waals surface area contributed by atoms with Crippen LogP contribution in [0.5, 0.6) is 5.75 Å². The van der Waals surface area contributed by atoms with Gasteiger partial charge in [-0.3, -0.25) is 0 Å². The molecule has 0 radical (unpaired) electrons. The van der Waals surface area contributed by atoms with Crippen molar-refractivity contribution in [3.63, 3.8) is 0 Å². The fraction of sp³-hybridized carbons (Fsp3) is 0.250. The van der Waals surface area contributed by atoms with Gasteiger partial charge in [0.05, 0.1) is 11.6 Å². The van der Waals surface area contributed by atoms with E-state index in [0.717, 1.165) is 16.9 Å². The molecule has 0 aliphatic carbocycles. The van der Waals surface area contributed by atoms with Crippen LogP contribution in [-0.2, 0) is 6.42 Å². The lowest BCUT2D eigenvalue weighted by Gasteiger charge is -2.19. The molecule has 2 aromatic carbocycles. The maximum absolute atomic E-state index is 13.7. The molecule has 0 bridgehead atoms. The maximum atomic E-state index is 13.7. The number of hydrogen-bond acceptors (Lipinski definition) is 2. The summed E-state index contributed by atoms with van der Waals surface area (Å²) in [5.74, 6) is 0.503. The zero-order valence-electron chi connectivity index (χ0n) is 11.8. The Kier molecular flexibility index (Phi) is 5.62. The van der Waals surface area contributed by atoms with Crippen LogP contribution in [0.1, 0.15) is 17.2 Å². The van der Waals surface area contributed by atoms with Crippen molar-refractivity contribution in [2.75, 3.05) is 14.2 Å². The monoisotopic (exact) mass is 371 g/mol. The van der Waals surface area contributed by atoms with Crippen molar-refractivity contribution in [3.8, 4) is 5.75 Å². The van der Waals surface area contributed by atoms with Gasteiger partial charge in [0.1, 0.15) is 11.6 Å². The van der Waals surface area contributed by atoms with Gasteiger partial charge in [0.15, 0.2) is 0 Å². The van der Waals surface area contributed by atoms with Gasteiger partial charge in [0.2, 0.25) is 0 Å². The van der Waals surface area contributed by atoms with Crippen LogP contribution in [-0.4, -0.2) is 14.2 Å².